The van der Waals surface area contributed by atoms with E-state index in [1.165, 1.54) is 0 Å². The molecule has 0 radical (unpaired) electrons. The molecular formula is C17H20Cl2N6O. The number of fused-ring (bicyclic) bond motifs is 1. The van der Waals surface area contributed by atoms with Crippen LogP contribution in [0, 0.1) is 0 Å². The molecule has 1 fully saturated rings. The van der Waals surface area contributed by atoms with Crippen molar-refractivity contribution < 1.29 is 4.79 Å². The first-order valence-corrected chi connectivity index (χ1v) is 8.01. The number of pyridine rings is 2. The Morgan fingerprint density at radius 2 is 2.19 bits per heavy atom. The quantitative estimate of drug-likeness (QED) is 0.704. The molecule has 0 saturated carbocycles. The highest BCUT2D eigenvalue weighted by Gasteiger charge is 2.18. The molecule has 0 bridgehead atoms. The molecule has 1 aliphatic rings. The number of rotatable bonds is 4. The van der Waals surface area contributed by atoms with Crippen LogP contribution < -0.4 is 10.6 Å². The van der Waals surface area contributed by atoms with E-state index in [1.54, 1.807) is 24.8 Å². The summed E-state index contributed by atoms with van der Waals surface area (Å²) in [7, 11) is 0. The lowest BCUT2D eigenvalue weighted by atomic mass is 10.2. The highest BCUT2D eigenvalue weighted by atomic mass is 35.5. The van der Waals surface area contributed by atoms with E-state index in [4.69, 9.17) is 0 Å². The minimum atomic E-state index is -0.0973. The van der Waals surface area contributed by atoms with Gasteiger partial charge in [-0.15, -0.1) is 24.8 Å². The van der Waals surface area contributed by atoms with Gasteiger partial charge < -0.3 is 15.2 Å². The molecule has 0 spiro atoms. The minimum absolute atomic E-state index is 0. The summed E-state index contributed by atoms with van der Waals surface area (Å²) in [6.45, 7) is 2.42. The average molecular weight is 395 g/mol. The van der Waals surface area contributed by atoms with E-state index in [-0.39, 0.29) is 36.8 Å². The second-order valence-corrected chi connectivity index (χ2v) is 5.96. The zero-order chi connectivity index (χ0) is 16.4. The molecule has 7 nitrogen and oxygen atoms in total. The van der Waals surface area contributed by atoms with E-state index < -0.39 is 0 Å². The van der Waals surface area contributed by atoms with Crippen molar-refractivity contribution in [3.63, 3.8) is 0 Å². The molecule has 0 unspecified atom stereocenters. The average Bonchev–Trinajstić information content (AvgIpc) is 3.25. The van der Waals surface area contributed by atoms with Gasteiger partial charge in [0, 0.05) is 31.2 Å². The zero-order valence-electron chi connectivity index (χ0n) is 14.0. The van der Waals surface area contributed by atoms with E-state index in [0.717, 1.165) is 36.2 Å². The van der Waals surface area contributed by atoms with Crippen LogP contribution in [0.15, 0.2) is 43.1 Å². The van der Waals surface area contributed by atoms with Crippen molar-refractivity contribution in [2.75, 3.05) is 13.1 Å². The number of imidazole rings is 1. The van der Waals surface area contributed by atoms with Gasteiger partial charge in [-0.2, -0.15) is 0 Å². The third kappa shape index (κ3) is 4.30. The fraction of sp³-hybridized carbons (Fsp3) is 0.294. The molecule has 9 heteroatoms. The molecule has 2 N–H and O–H groups in total. The number of aromatic nitrogens is 4. The van der Waals surface area contributed by atoms with Gasteiger partial charge in [-0.1, -0.05) is 6.07 Å². The molecule has 3 aromatic rings. The number of hydrogen-bond donors (Lipinski definition) is 2. The lowest BCUT2D eigenvalue weighted by Crippen LogP contribution is -2.36. The molecule has 0 aromatic carbocycles. The summed E-state index contributed by atoms with van der Waals surface area (Å²) >= 11 is 0. The minimum Gasteiger partial charge on any atom is -0.348 e. The van der Waals surface area contributed by atoms with Gasteiger partial charge in [0.05, 0.1) is 18.4 Å². The molecule has 0 aliphatic carbocycles. The van der Waals surface area contributed by atoms with E-state index >= 15 is 0 Å². The van der Waals surface area contributed by atoms with Gasteiger partial charge in [-0.3, -0.25) is 9.78 Å². The van der Waals surface area contributed by atoms with Gasteiger partial charge in [0.25, 0.3) is 5.91 Å². The number of amides is 1. The Balaban J connectivity index is 0.00000121. The van der Waals surface area contributed by atoms with Crippen LogP contribution in [-0.4, -0.2) is 44.6 Å². The maximum absolute atomic E-state index is 12.3. The maximum atomic E-state index is 12.3. The number of carbonyl (C=O) groups is 1. The van der Waals surface area contributed by atoms with Crippen molar-refractivity contribution in [3.05, 3.63) is 54.2 Å². The Morgan fingerprint density at radius 1 is 1.31 bits per heavy atom. The van der Waals surface area contributed by atoms with Gasteiger partial charge in [-0.05, 0) is 30.7 Å². The van der Waals surface area contributed by atoms with Crippen LogP contribution in [0.2, 0.25) is 0 Å². The summed E-state index contributed by atoms with van der Waals surface area (Å²) in [6.07, 6.45) is 7.89. The molecule has 4 heterocycles. The molecule has 138 valence electrons. The first-order valence-electron chi connectivity index (χ1n) is 8.01. The Hall–Kier alpha value is -2.22. The standard InChI is InChI=1S/C17H18N6O.2ClH/c24-17(22-14-3-5-19-9-14)13-6-15-16(20-8-13)23(11-21-15)10-12-2-1-4-18-7-12;;/h1-2,4,6-8,11,14,19H,3,5,9-10H2,(H,22,24);2*1H/t14-;;/m0../s1. The number of halogens is 2. The smallest absolute Gasteiger partial charge is 0.253 e. The third-order valence-electron chi connectivity index (χ3n) is 4.19. The molecule has 3 aromatic heterocycles. The lowest BCUT2D eigenvalue weighted by Gasteiger charge is -2.11. The van der Waals surface area contributed by atoms with E-state index in [0.29, 0.717) is 12.1 Å². The van der Waals surface area contributed by atoms with E-state index in [1.807, 2.05) is 22.9 Å². The highest BCUT2D eigenvalue weighted by molar-refractivity contribution is 5.96. The fourth-order valence-electron chi connectivity index (χ4n) is 2.92. The second-order valence-electron chi connectivity index (χ2n) is 5.96. The Morgan fingerprint density at radius 3 is 2.92 bits per heavy atom. The van der Waals surface area contributed by atoms with E-state index in [2.05, 4.69) is 25.6 Å². The molecule has 26 heavy (non-hydrogen) atoms. The summed E-state index contributed by atoms with van der Waals surface area (Å²) in [4.78, 5) is 25.3. The lowest BCUT2D eigenvalue weighted by molar-refractivity contribution is 0.0940. The summed E-state index contributed by atoms with van der Waals surface area (Å²) < 4.78 is 1.95. The number of nitrogens with zero attached hydrogens (tertiary/aromatic N) is 4. The number of nitrogens with one attached hydrogen (secondary N) is 2. The SMILES string of the molecule is Cl.Cl.O=C(N[C@H]1CCNC1)c1cnc2c(c1)ncn2Cc1cccnc1. The van der Waals surface area contributed by atoms with Crippen molar-refractivity contribution in [2.45, 2.75) is 19.0 Å². The van der Waals surface area contributed by atoms with Gasteiger partial charge in [-0.25, -0.2) is 9.97 Å². The first-order chi connectivity index (χ1) is 11.8. The van der Waals surface area contributed by atoms with Crippen LogP contribution in [0.5, 0.6) is 0 Å². The van der Waals surface area contributed by atoms with Crippen LogP contribution in [0.25, 0.3) is 11.2 Å². The van der Waals surface area contributed by atoms with Crippen molar-refractivity contribution >= 4 is 41.9 Å². The highest BCUT2D eigenvalue weighted by Crippen LogP contribution is 2.14. The van der Waals surface area contributed by atoms with Crippen LogP contribution in [0.4, 0.5) is 0 Å². The number of hydrogen-bond acceptors (Lipinski definition) is 5. The van der Waals surface area contributed by atoms with Crippen molar-refractivity contribution in [1.29, 1.82) is 0 Å². The monoisotopic (exact) mass is 394 g/mol. The molecule has 1 atom stereocenters. The zero-order valence-corrected chi connectivity index (χ0v) is 15.6. The molecule has 4 rings (SSSR count). The van der Waals surface area contributed by atoms with Crippen molar-refractivity contribution in [3.8, 4) is 0 Å². The predicted octanol–water partition coefficient (Wildman–Crippen LogP) is 1.81. The molecular weight excluding hydrogens is 375 g/mol. The topological polar surface area (TPSA) is 84.7 Å². The fourth-order valence-corrected chi connectivity index (χ4v) is 2.92. The summed E-state index contributed by atoms with van der Waals surface area (Å²) in [6, 6.07) is 5.90. The number of carbonyl (C=O) groups excluding carboxylic acids is 1. The summed E-state index contributed by atoms with van der Waals surface area (Å²) in [5, 5.41) is 6.26. The van der Waals surface area contributed by atoms with Gasteiger partial charge >= 0.3 is 0 Å². The van der Waals surface area contributed by atoms with E-state index in [9.17, 15) is 4.79 Å². The molecule has 1 amide bonds. The molecule has 1 aliphatic heterocycles. The van der Waals surface area contributed by atoms with Gasteiger partial charge in [0.2, 0.25) is 0 Å². The van der Waals surface area contributed by atoms with Gasteiger partial charge in [0.1, 0.15) is 5.52 Å². The largest absolute Gasteiger partial charge is 0.348 e. The summed E-state index contributed by atoms with van der Waals surface area (Å²) in [5.74, 6) is -0.0973. The normalized spacial score (nSPS) is 15.9. The van der Waals surface area contributed by atoms with Crippen molar-refractivity contribution in [2.24, 2.45) is 0 Å². The Labute approximate surface area is 163 Å². The Kier molecular flexibility index (Phi) is 6.90. The Bertz CT molecular complexity index is 864. The first kappa shape index (κ1) is 20.1. The molecule has 1 saturated heterocycles. The summed E-state index contributed by atoms with van der Waals surface area (Å²) in [5.41, 5.74) is 3.10. The predicted molar refractivity (Wildman–Crippen MR) is 104 cm³/mol. The van der Waals surface area contributed by atoms with Crippen molar-refractivity contribution in [1.82, 2.24) is 30.2 Å². The maximum Gasteiger partial charge on any atom is 0.253 e. The third-order valence-corrected chi connectivity index (χ3v) is 4.19. The van der Waals surface area contributed by atoms with Crippen LogP contribution in [-0.2, 0) is 6.54 Å². The van der Waals surface area contributed by atoms with Crippen LogP contribution in [0.3, 0.4) is 0 Å². The van der Waals surface area contributed by atoms with Crippen LogP contribution >= 0.6 is 24.8 Å². The van der Waals surface area contributed by atoms with Gasteiger partial charge in [0.15, 0.2) is 5.65 Å². The van der Waals surface area contributed by atoms with Crippen LogP contribution in [0.1, 0.15) is 22.3 Å². The second kappa shape index (κ2) is 8.93.